The minimum absolute atomic E-state index is 0.0596. The van der Waals surface area contributed by atoms with Crippen molar-refractivity contribution < 1.29 is 13.2 Å². The van der Waals surface area contributed by atoms with Gasteiger partial charge in [0, 0.05) is 18.0 Å². The molecule has 0 spiro atoms. The van der Waals surface area contributed by atoms with Crippen molar-refractivity contribution in [2.24, 2.45) is 0 Å². The van der Waals surface area contributed by atoms with Gasteiger partial charge in [0.05, 0.1) is 22.3 Å². The van der Waals surface area contributed by atoms with Crippen LogP contribution >= 0.6 is 22.9 Å². The summed E-state index contributed by atoms with van der Waals surface area (Å²) < 4.78 is 23.4. The molecular weight excluding hydrogens is 294 g/mol. The lowest BCUT2D eigenvalue weighted by Gasteiger charge is -2.23. The largest absolute Gasteiger partial charge is 0.341 e. The first kappa shape index (κ1) is 13.8. The van der Waals surface area contributed by atoms with E-state index in [1.54, 1.807) is 18.0 Å². The van der Waals surface area contributed by atoms with Crippen LogP contribution in [0.2, 0.25) is 4.34 Å². The van der Waals surface area contributed by atoms with Crippen molar-refractivity contribution in [1.82, 2.24) is 4.90 Å². The van der Waals surface area contributed by atoms with E-state index < -0.39 is 9.84 Å². The van der Waals surface area contributed by atoms with Crippen LogP contribution in [-0.2, 0) is 21.1 Å². The Hall–Kier alpha value is -0.590. The van der Waals surface area contributed by atoms with Crippen molar-refractivity contribution in [3.05, 3.63) is 21.3 Å². The van der Waals surface area contributed by atoms with Gasteiger partial charge in [0.15, 0.2) is 9.84 Å². The van der Waals surface area contributed by atoms with Crippen molar-refractivity contribution in [1.29, 1.82) is 0 Å². The molecule has 1 aliphatic rings. The molecule has 1 atom stereocenters. The van der Waals surface area contributed by atoms with E-state index in [9.17, 15) is 13.2 Å². The number of hydrogen-bond acceptors (Lipinski definition) is 4. The fourth-order valence-corrected chi connectivity index (χ4v) is 4.86. The van der Waals surface area contributed by atoms with Crippen LogP contribution in [0.15, 0.2) is 12.1 Å². The molecule has 1 saturated heterocycles. The maximum atomic E-state index is 12.0. The highest BCUT2D eigenvalue weighted by Gasteiger charge is 2.32. The van der Waals surface area contributed by atoms with E-state index in [0.717, 1.165) is 4.88 Å². The Morgan fingerprint density at radius 1 is 1.56 bits per heavy atom. The van der Waals surface area contributed by atoms with Crippen molar-refractivity contribution >= 4 is 38.7 Å². The summed E-state index contributed by atoms with van der Waals surface area (Å²) >= 11 is 7.18. The summed E-state index contributed by atoms with van der Waals surface area (Å²) in [6.45, 7) is 0. The molecule has 0 aliphatic carbocycles. The molecule has 2 heterocycles. The second-order valence-corrected chi connectivity index (χ2v) is 8.47. The Balaban J connectivity index is 1.97. The Bertz CT molecular complexity index is 552. The number of halogens is 1. The number of likely N-dealkylation sites (N-methyl/N-ethyl adjacent to an activating group) is 1. The molecule has 1 amide bonds. The highest BCUT2D eigenvalue weighted by molar-refractivity contribution is 7.91. The Morgan fingerprint density at radius 2 is 2.28 bits per heavy atom. The maximum absolute atomic E-state index is 12.0. The predicted octanol–water partition coefficient (Wildman–Crippen LogP) is 1.59. The zero-order valence-electron chi connectivity index (χ0n) is 9.93. The standard InChI is InChI=1S/C11H14ClNO3S2/c1-13(8-4-5-18(15,16)7-8)11(14)6-9-2-3-10(12)17-9/h2-3,8H,4-7H2,1H3. The average molecular weight is 308 g/mol. The van der Waals surface area contributed by atoms with Crippen LogP contribution in [0.25, 0.3) is 0 Å². The van der Waals surface area contributed by atoms with E-state index in [1.165, 1.54) is 11.3 Å². The lowest BCUT2D eigenvalue weighted by molar-refractivity contribution is -0.130. The van der Waals surface area contributed by atoms with Gasteiger partial charge < -0.3 is 4.90 Å². The second kappa shape index (κ2) is 5.19. The van der Waals surface area contributed by atoms with Gasteiger partial charge in [-0.15, -0.1) is 11.3 Å². The van der Waals surface area contributed by atoms with Gasteiger partial charge in [-0.25, -0.2) is 8.42 Å². The zero-order valence-corrected chi connectivity index (χ0v) is 12.3. The molecule has 7 heteroatoms. The fraction of sp³-hybridized carbons (Fsp3) is 0.545. The van der Waals surface area contributed by atoms with Crippen molar-refractivity contribution in [2.45, 2.75) is 18.9 Å². The van der Waals surface area contributed by atoms with E-state index >= 15 is 0 Å². The van der Waals surface area contributed by atoms with Gasteiger partial charge in [-0.05, 0) is 18.6 Å². The topological polar surface area (TPSA) is 54.5 Å². The number of sulfone groups is 1. The molecule has 100 valence electrons. The van der Waals surface area contributed by atoms with Crippen LogP contribution in [0.4, 0.5) is 0 Å². The summed E-state index contributed by atoms with van der Waals surface area (Å²) in [4.78, 5) is 14.5. The fourth-order valence-electron chi connectivity index (χ4n) is 2.00. The molecule has 0 saturated carbocycles. The normalized spacial score (nSPS) is 22.0. The number of rotatable bonds is 3. The smallest absolute Gasteiger partial charge is 0.227 e. The van der Waals surface area contributed by atoms with E-state index in [-0.39, 0.29) is 29.9 Å². The lowest BCUT2D eigenvalue weighted by atomic mass is 10.2. The van der Waals surface area contributed by atoms with Gasteiger partial charge in [0.2, 0.25) is 5.91 Å². The third-order valence-electron chi connectivity index (χ3n) is 3.10. The molecule has 0 N–H and O–H groups in total. The number of carbonyl (C=O) groups is 1. The van der Waals surface area contributed by atoms with Gasteiger partial charge in [0.25, 0.3) is 0 Å². The molecule has 1 unspecified atom stereocenters. The van der Waals surface area contributed by atoms with E-state index in [0.29, 0.717) is 10.8 Å². The Labute approximate surface area is 115 Å². The molecule has 0 bridgehead atoms. The summed E-state index contributed by atoms with van der Waals surface area (Å²) in [6, 6.07) is 3.40. The lowest BCUT2D eigenvalue weighted by Crippen LogP contribution is -2.38. The summed E-state index contributed by atoms with van der Waals surface area (Å²) in [5.74, 6) is 0.205. The average Bonchev–Trinajstić information content (AvgIpc) is 2.83. The third-order valence-corrected chi connectivity index (χ3v) is 6.09. The van der Waals surface area contributed by atoms with Crippen molar-refractivity contribution in [3.8, 4) is 0 Å². The monoisotopic (exact) mass is 307 g/mol. The van der Waals surface area contributed by atoms with Crippen LogP contribution in [0.1, 0.15) is 11.3 Å². The summed E-state index contributed by atoms with van der Waals surface area (Å²) in [5, 5.41) is 0. The first-order valence-electron chi connectivity index (χ1n) is 5.58. The van der Waals surface area contributed by atoms with E-state index in [1.807, 2.05) is 6.07 Å². The van der Waals surface area contributed by atoms with Crippen LogP contribution < -0.4 is 0 Å². The minimum atomic E-state index is -2.96. The molecule has 0 aromatic carbocycles. The summed E-state index contributed by atoms with van der Waals surface area (Å²) in [7, 11) is -1.29. The number of amides is 1. The quantitative estimate of drug-likeness (QED) is 0.852. The van der Waals surface area contributed by atoms with Crippen LogP contribution in [0.3, 0.4) is 0 Å². The van der Waals surface area contributed by atoms with Crippen molar-refractivity contribution in [2.75, 3.05) is 18.6 Å². The Kier molecular flexibility index (Phi) is 3.99. The minimum Gasteiger partial charge on any atom is -0.341 e. The highest BCUT2D eigenvalue weighted by atomic mass is 35.5. The van der Waals surface area contributed by atoms with E-state index in [2.05, 4.69) is 0 Å². The first-order chi connectivity index (χ1) is 8.37. The van der Waals surface area contributed by atoms with Gasteiger partial charge in [-0.1, -0.05) is 11.6 Å². The van der Waals surface area contributed by atoms with Gasteiger partial charge in [-0.2, -0.15) is 0 Å². The number of hydrogen-bond donors (Lipinski definition) is 0. The molecule has 1 aromatic heterocycles. The second-order valence-electron chi connectivity index (χ2n) is 4.44. The first-order valence-corrected chi connectivity index (χ1v) is 8.59. The Morgan fingerprint density at radius 3 is 2.78 bits per heavy atom. The van der Waals surface area contributed by atoms with Crippen molar-refractivity contribution in [3.63, 3.8) is 0 Å². The number of thiophene rings is 1. The molecule has 1 fully saturated rings. The number of carbonyl (C=O) groups excluding carboxylic acids is 1. The third kappa shape index (κ3) is 3.24. The zero-order chi connectivity index (χ0) is 13.3. The molecular formula is C11H14ClNO3S2. The SMILES string of the molecule is CN(C(=O)Cc1ccc(Cl)s1)C1CCS(=O)(=O)C1. The van der Waals surface area contributed by atoms with Gasteiger partial charge in [-0.3, -0.25) is 4.79 Å². The predicted molar refractivity (Wildman–Crippen MR) is 72.9 cm³/mol. The van der Waals surface area contributed by atoms with Crippen LogP contribution in [0.5, 0.6) is 0 Å². The summed E-state index contributed by atoms with van der Waals surface area (Å²) in [5.41, 5.74) is 0. The van der Waals surface area contributed by atoms with Gasteiger partial charge in [0.1, 0.15) is 0 Å². The summed E-state index contributed by atoms with van der Waals surface area (Å²) in [6.07, 6.45) is 0.820. The van der Waals surface area contributed by atoms with Gasteiger partial charge >= 0.3 is 0 Å². The highest BCUT2D eigenvalue weighted by Crippen LogP contribution is 2.23. The molecule has 18 heavy (non-hydrogen) atoms. The van der Waals surface area contributed by atoms with Crippen LogP contribution in [0, 0.1) is 0 Å². The molecule has 1 aromatic rings. The molecule has 2 rings (SSSR count). The molecule has 0 radical (unpaired) electrons. The molecule has 1 aliphatic heterocycles. The molecule has 4 nitrogen and oxygen atoms in total. The maximum Gasteiger partial charge on any atom is 0.227 e. The number of nitrogens with zero attached hydrogens (tertiary/aromatic N) is 1. The van der Waals surface area contributed by atoms with E-state index in [4.69, 9.17) is 11.6 Å². The van der Waals surface area contributed by atoms with Crippen LogP contribution in [-0.4, -0.2) is 43.8 Å².